The molecule has 2 aromatic rings. The van der Waals surface area contributed by atoms with Crippen LogP contribution in [0.25, 0.3) is 0 Å². The second kappa shape index (κ2) is 8.55. The minimum Gasteiger partial charge on any atom is -0.494 e. The van der Waals surface area contributed by atoms with Crippen LogP contribution in [-0.2, 0) is 19.2 Å². The molecule has 2 bridgehead atoms. The maximum absolute atomic E-state index is 13.3. The second-order valence-corrected chi connectivity index (χ2v) is 10.9. The van der Waals surface area contributed by atoms with Crippen LogP contribution >= 0.6 is 0 Å². The van der Waals surface area contributed by atoms with Crippen LogP contribution < -0.4 is 19.3 Å². The first kappa shape index (κ1) is 23.2. The van der Waals surface area contributed by atoms with Crippen LogP contribution in [0.4, 0.5) is 11.4 Å². The van der Waals surface area contributed by atoms with Gasteiger partial charge in [0.25, 0.3) is 0 Å². The number of anilines is 2. The van der Waals surface area contributed by atoms with Crippen molar-refractivity contribution in [3.63, 3.8) is 0 Å². The Hall–Kier alpha value is -3.94. The van der Waals surface area contributed by atoms with E-state index in [4.69, 9.17) is 9.47 Å². The van der Waals surface area contributed by atoms with E-state index in [1.54, 1.807) is 53.4 Å². The smallest absolute Gasteiger partial charge is 0.316 e. The highest BCUT2D eigenvalue weighted by molar-refractivity contribution is 6.22. The fraction of sp³-hybridized carbons (Fsp3) is 0.400. The van der Waals surface area contributed by atoms with Crippen molar-refractivity contribution in [2.75, 3.05) is 23.0 Å². The maximum atomic E-state index is 13.3. The van der Waals surface area contributed by atoms with Crippen molar-refractivity contribution in [1.29, 1.82) is 0 Å². The molecule has 8 heteroatoms. The first-order valence-corrected chi connectivity index (χ1v) is 13.4. The summed E-state index contributed by atoms with van der Waals surface area (Å²) >= 11 is 0. The van der Waals surface area contributed by atoms with Gasteiger partial charge in [-0.15, -0.1) is 0 Å². The van der Waals surface area contributed by atoms with Crippen molar-refractivity contribution in [3.8, 4) is 11.5 Å². The van der Waals surface area contributed by atoms with E-state index in [1.165, 1.54) is 4.90 Å². The minimum absolute atomic E-state index is 0.0715. The predicted molar refractivity (Wildman–Crippen MR) is 137 cm³/mol. The summed E-state index contributed by atoms with van der Waals surface area (Å²) in [6.45, 7) is 2.70. The van der Waals surface area contributed by atoms with E-state index in [9.17, 15) is 19.2 Å². The van der Waals surface area contributed by atoms with E-state index in [0.717, 1.165) is 12.2 Å². The zero-order chi connectivity index (χ0) is 26.1. The molecule has 0 spiro atoms. The summed E-state index contributed by atoms with van der Waals surface area (Å²) in [7, 11) is 0. The molecule has 0 aromatic heterocycles. The number of carbonyl (C=O) groups is 4. The summed E-state index contributed by atoms with van der Waals surface area (Å²) in [6, 6.07) is 13.7. The number of amides is 3. The van der Waals surface area contributed by atoms with Gasteiger partial charge >= 0.3 is 5.97 Å². The lowest BCUT2D eigenvalue weighted by molar-refractivity contribution is -0.139. The van der Waals surface area contributed by atoms with Crippen molar-refractivity contribution in [2.45, 2.75) is 19.8 Å². The number of allylic oxidation sites excluding steroid dienone is 2. The van der Waals surface area contributed by atoms with Gasteiger partial charge in [0.2, 0.25) is 17.7 Å². The van der Waals surface area contributed by atoms with E-state index >= 15 is 0 Å². The number of imide groups is 1. The molecule has 2 heterocycles. The fourth-order valence-corrected chi connectivity index (χ4v) is 7.08. The van der Waals surface area contributed by atoms with Crippen molar-refractivity contribution in [3.05, 3.63) is 60.7 Å². The van der Waals surface area contributed by atoms with Gasteiger partial charge in [0.15, 0.2) is 0 Å². The summed E-state index contributed by atoms with van der Waals surface area (Å²) in [4.78, 5) is 55.0. The van der Waals surface area contributed by atoms with Gasteiger partial charge < -0.3 is 14.4 Å². The number of nitrogens with zero attached hydrogens (tertiary/aromatic N) is 2. The molecule has 8 nitrogen and oxygen atoms in total. The lowest BCUT2D eigenvalue weighted by atomic mass is 9.63. The number of benzene rings is 2. The largest absolute Gasteiger partial charge is 0.494 e. The lowest BCUT2D eigenvalue weighted by Gasteiger charge is -2.37. The fourth-order valence-electron chi connectivity index (χ4n) is 7.08. The molecular formula is C30H28N2O6. The molecule has 2 aromatic carbocycles. The van der Waals surface area contributed by atoms with Crippen LogP contribution in [0.3, 0.4) is 0 Å². The standard InChI is InChI=1S/C30H28N2O6/c1-2-37-19-7-3-17(4-8-19)31-15-16(13-25(31)33)30(36)38-20-9-5-18(6-10-20)32-28(34)26-21-11-12-22(24-14-23(21)24)27(26)29(32)35/h3-12,16,21-24,26-27H,2,13-15H2,1H3/t16-,21+,22+,23+,24+,26-,27+/m1/s1. The summed E-state index contributed by atoms with van der Waals surface area (Å²) in [5, 5.41) is 0. The molecule has 2 saturated heterocycles. The van der Waals surface area contributed by atoms with Crippen LogP contribution in [0.5, 0.6) is 11.5 Å². The van der Waals surface area contributed by atoms with Gasteiger partial charge in [-0.3, -0.25) is 24.1 Å². The second-order valence-electron chi connectivity index (χ2n) is 10.9. The number of hydrogen-bond acceptors (Lipinski definition) is 6. The molecule has 0 N–H and O–H groups in total. The van der Waals surface area contributed by atoms with Gasteiger partial charge in [-0.2, -0.15) is 0 Å². The van der Waals surface area contributed by atoms with Crippen molar-refractivity contribution in [2.24, 2.45) is 41.4 Å². The van der Waals surface area contributed by atoms with Crippen molar-refractivity contribution in [1.82, 2.24) is 0 Å². The van der Waals surface area contributed by atoms with Crippen LogP contribution in [-0.4, -0.2) is 36.8 Å². The average Bonchev–Trinajstić information content (AvgIpc) is 3.60. The van der Waals surface area contributed by atoms with Crippen LogP contribution in [0, 0.1) is 41.4 Å². The summed E-state index contributed by atoms with van der Waals surface area (Å²) in [5.41, 5.74) is 1.21. The molecule has 194 valence electrons. The first-order chi connectivity index (χ1) is 18.4. The molecule has 0 radical (unpaired) electrons. The molecule has 38 heavy (non-hydrogen) atoms. The number of ether oxygens (including phenoxy) is 2. The molecule has 2 saturated carbocycles. The Kier molecular flexibility index (Phi) is 5.22. The Labute approximate surface area is 220 Å². The van der Waals surface area contributed by atoms with Crippen LogP contribution in [0.2, 0.25) is 0 Å². The van der Waals surface area contributed by atoms with Gasteiger partial charge in [0.1, 0.15) is 11.5 Å². The van der Waals surface area contributed by atoms with Crippen molar-refractivity contribution < 1.29 is 28.7 Å². The van der Waals surface area contributed by atoms with Crippen LogP contribution in [0.1, 0.15) is 19.8 Å². The predicted octanol–water partition coefficient (Wildman–Crippen LogP) is 3.60. The monoisotopic (exact) mass is 512 g/mol. The Morgan fingerprint density at radius 2 is 1.42 bits per heavy atom. The number of esters is 1. The van der Waals surface area contributed by atoms with Gasteiger partial charge in [0, 0.05) is 18.7 Å². The number of hydrogen-bond donors (Lipinski definition) is 0. The minimum atomic E-state index is -0.590. The number of rotatable bonds is 6. The number of carbonyl (C=O) groups excluding carboxylic acids is 4. The highest BCUT2D eigenvalue weighted by Crippen LogP contribution is 2.65. The van der Waals surface area contributed by atoms with Gasteiger partial charge in [-0.25, -0.2) is 0 Å². The molecule has 3 amide bonds. The summed E-state index contributed by atoms with van der Waals surface area (Å²) < 4.78 is 11.0. The molecule has 4 aliphatic carbocycles. The topological polar surface area (TPSA) is 93.2 Å². The van der Waals surface area contributed by atoms with Crippen LogP contribution in [0.15, 0.2) is 60.7 Å². The molecular weight excluding hydrogens is 484 g/mol. The SMILES string of the molecule is CCOc1ccc(N2C[C@H](C(=O)Oc3ccc(N4C(=O)[C@@H]5[C@H]6C=C[C@@H]([C@@H]7C[C@@H]67)[C@@H]5C4=O)cc3)CC2=O)cc1. The molecule has 0 unspecified atom stereocenters. The third kappa shape index (κ3) is 3.50. The van der Waals surface area contributed by atoms with Gasteiger partial charge in [-0.05, 0) is 85.5 Å². The Morgan fingerprint density at radius 1 is 0.842 bits per heavy atom. The van der Waals surface area contributed by atoms with E-state index in [-0.39, 0.29) is 54.4 Å². The lowest BCUT2D eigenvalue weighted by Crippen LogP contribution is -2.40. The third-order valence-corrected chi connectivity index (χ3v) is 8.89. The summed E-state index contributed by atoms with van der Waals surface area (Å²) in [6.07, 6.45) is 5.51. The van der Waals surface area contributed by atoms with Gasteiger partial charge in [-0.1, -0.05) is 12.2 Å². The Bertz CT molecular complexity index is 1330. The maximum Gasteiger partial charge on any atom is 0.316 e. The molecule has 8 rings (SSSR count). The van der Waals surface area contributed by atoms with Crippen molar-refractivity contribution >= 4 is 35.1 Å². The zero-order valence-corrected chi connectivity index (χ0v) is 21.0. The molecule has 7 atom stereocenters. The highest BCUT2D eigenvalue weighted by atomic mass is 16.5. The van der Waals surface area contributed by atoms with E-state index in [1.807, 2.05) is 6.92 Å². The molecule has 4 fully saturated rings. The Balaban J connectivity index is 1.01. The zero-order valence-electron chi connectivity index (χ0n) is 21.0. The Morgan fingerprint density at radius 3 is 2.03 bits per heavy atom. The molecule has 2 aliphatic heterocycles. The quantitative estimate of drug-likeness (QED) is 0.254. The van der Waals surface area contributed by atoms with Gasteiger partial charge in [0.05, 0.1) is 30.0 Å². The normalized spacial score (nSPS) is 32.4. The average molecular weight is 513 g/mol. The van der Waals surface area contributed by atoms with E-state index in [0.29, 0.717) is 35.6 Å². The first-order valence-electron chi connectivity index (χ1n) is 13.4. The summed E-state index contributed by atoms with van der Waals surface area (Å²) in [5.74, 6) is 0.532. The van der Waals surface area contributed by atoms with E-state index in [2.05, 4.69) is 12.2 Å². The molecule has 6 aliphatic rings. The highest BCUT2D eigenvalue weighted by Gasteiger charge is 2.67. The third-order valence-electron chi connectivity index (χ3n) is 8.89. The van der Waals surface area contributed by atoms with E-state index < -0.39 is 11.9 Å².